The monoisotopic (exact) mass is 223 g/mol. The highest BCUT2D eigenvalue weighted by Crippen LogP contribution is 2.16. The van der Waals surface area contributed by atoms with Gasteiger partial charge in [0.1, 0.15) is 0 Å². The Morgan fingerprint density at radius 3 is 1.92 bits per heavy atom. The summed E-state index contributed by atoms with van der Waals surface area (Å²) in [4.78, 5) is 0. The zero-order valence-electron chi connectivity index (χ0n) is 8.33. The third-order valence-corrected chi connectivity index (χ3v) is 5.57. The highest BCUT2D eigenvalue weighted by atomic mass is 33.1. The van der Waals surface area contributed by atoms with E-state index >= 15 is 0 Å². The third kappa shape index (κ3) is 3.47. The molecule has 0 saturated carbocycles. The van der Waals surface area contributed by atoms with E-state index in [1.54, 1.807) is 0 Å². The molecule has 0 fully saturated rings. The lowest BCUT2D eigenvalue weighted by atomic mass is 10.1. The number of rotatable bonds is 2. The lowest BCUT2D eigenvalue weighted by Gasteiger charge is -2.33. The molecule has 0 spiro atoms. The first-order valence-electron chi connectivity index (χ1n) is 3.83. The van der Waals surface area contributed by atoms with Crippen LogP contribution >= 0.6 is 0 Å². The van der Waals surface area contributed by atoms with E-state index in [0.717, 1.165) is 0 Å². The topological polar surface area (TPSA) is 3.24 Å². The highest BCUT2D eigenvalue weighted by Gasteiger charge is 2.21. The van der Waals surface area contributed by atoms with Crippen molar-refractivity contribution in [3.8, 4) is 0 Å². The van der Waals surface area contributed by atoms with E-state index in [1.807, 2.05) is 25.5 Å². The average Bonchev–Trinajstić information content (AvgIpc) is 1.84. The second-order valence-electron chi connectivity index (χ2n) is 3.65. The van der Waals surface area contributed by atoms with Crippen molar-refractivity contribution in [1.82, 2.24) is 4.31 Å². The molecule has 0 N–H and O–H groups in total. The molecule has 0 atom stereocenters. The SMILES string of the molecule is C/C=C/S(=S)(=S)N(C)C(C)(C)C. The van der Waals surface area contributed by atoms with E-state index in [-0.39, 0.29) is 5.54 Å². The summed E-state index contributed by atoms with van der Waals surface area (Å²) in [6, 6.07) is 0. The molecular weight excluding hydrogens is 206 g/mol. The molecule has 0 heterocycles. The van der Waals surface area contributed by atoms with Crippen LogP contribution in [0.2, 0.25) is 0 Å². The Morgan fingerprint density at radius 2 is 1.67 bits per heavy atom. The third-order valence-electron chi connectivity index (χ3n) is 1.63. The molecule has 0 rings (SSSR count). The first-order valence-corrected chi connectivity index (χ1v) is 7.34. The van der Waals surface area contributed by atoms with Crippen LogP contribution in [0.5, 0.6) is 0 Å². The molecule has 0 unspecified atom stereocenters. The molecule has 4 heteroatoms. The van der Waals surface area contributed by atoms with Crippen molar-refractivity contribution in [1.29, 1.82) is 0 Å². The van der Waals surface area contributed by atoms with Gasteiger partial charge in [0.15, 0.2) is 0 Å². The van der Waals surface area contributed by atoms with Crippen molar-refractivity contribution in [3.63, 3.8) is 0 Å². The lowest BCUT2D eigenvalue weighted by Crippen LogP contribution is -2.40. The second kappa shape index (κ2) is 4.13. The van der Waals surface area contributed by atoms with E-state index in [1.165, 1.54) is 0 Å². The summed E-state index contributed by atoms with van der Waals surface area (Å²) in [6.45, 7) is 8.32. The summed E-state index contributed by atoms with van der Waals surface area (Å²) < 4.78 is 2.09. The summed E-state index contributed by atoms with van der Waals surface area (Å²) in [7, 11) is 0.447. The molecule has 0 radical (unpaired) electrons. The fourth-order valence-electron chi connectivity index (χ4n) is 0.645. The van der Waals surface area contributed by atoms with Gasteiger partial charge in [0.05, 0.1) is 0 Å². The molecule has 0 saturated heterocycles. The molecule has 0 aromatic rings. The van der Waals surface area contributed by atoms with Crippen molar-refractivity contribution in [2.24, 2.45) is 0 Å². The van der Waals surface area contributed by atoms with Crippen LogP contribution in [0.15, 0.2) is 11.5 Å². The van der Waals surface area contributed by atoms with Crippen LogP contribution in [0.3, 0.4) is 0 Å². The van der Waals surface area contributed by atoms with Crippen LogP contribution in [0.1, 0.15) is 27.7 Å². The molecule has 1 nitrogen and oxygen atoms in total. The van der Waals surface area contributed by atoms with Crippen LogP contribution in [0, 0.1) is 0 Å². The molecule has 0 bridgehead atoms. The van der Waals surface area contributed by atoms with Gasteiger partial charge in [-0.25, -0.2) is 4.31 Å². The van der Waals surface area contributed by atoms with E-state index in [4.69, 9.17) is 22.4 Å². The van der Waals surface area contributed by atoms with Crippen molar-refractivity contribution >= 4 is 29.7 Å². The van der Waals surface area contributed by atoms with Gasteiger partial charge in [-0.15, -0.1) is 0 Å². The first-order chi connectivity index (χ1) is 5.22. The van der Waals surface area contributed by atoms with E-state index < -0.39 is 7.33 Å². The molecule has 0 amide bonds. The Bertz CT molecular complexity index is 257. The summed E-state index contributed by atoms with van der Waals surface area (Å²) in [5.41, 5.74) is 0.0539. The minimum Gasteiger partial charge on any atom is -0.239 e. The van der Waals surface area contributed by atoms with Crippen molar-refractivity contribution < 1.29 is 0 Å². The zero-order valence-corrected chi connectivity index (χ0v) is 10.8. The maximum absolute atomic E-state index is 5.35. The van der Waals surface area contributed by atoms with Gasteiger partial charge in [-0.3, -0.25) is 0 Å². The van der Waals surface area contributed by atoms with Gasteiger partial charge in [0.25, 0.3) is 0 Å². The maximum atomic E-state index is 5.35. The minimum atomic E-state index is -1.55. The van der Waals surface area contributed by atoms with Gasteiger partial charge in [0, 0.05) is 5.54 Å². The quantitative estimate of drug-likeness (QED) is 0.707. The molecule has 0 aliphatic heterocycles. The zero-order chi connectivity index (χ0) is 9.99. The molecule has 0 aromatic heterocycles. The van der Waals surface area contributed by atoms with E-state index in [9.17, 15) is 0 Å². The Balaban J connectivity index is 4.83. The average molecular weight is 223 g/mol. The molecular formula is C8H17NS3. The Labute approximate surface area is 85.8 Å². The van der Waals surface area contributed by atoms with Crippen molar-refractivity contribution in [2.45, 2.75) is 33.2 Å². The summed E-state index contributed by atoms with van der Waals surface area (Å²) in [5, 5.41) is 1.95. The van der Waals surface area contributed by atoms with Gasteiger partial charge in [-0.05, 0) is 69.9 Å². The maximum Gasteiger partial charge on any atom is 0.0233 e. The molecule has 0 aromatic carbocycles. The molecule has 12 heavy (non-hydrogen) atoms. The summed E-state index contributed by atoms with van der Waals surface area (Å²) >= 11 is 10.7. The largest absolute Gasteiger partial charge is 0.239 e. The fourth-order valence-corrected chi connectivity index (χ4v) is 3.94. The number of hydrogen-bond acceptors (Lipinski definition) is 2. The van der Waals surface area contributed by atoms with Crippen LogP contribution < -0.4 is 0 Å². The molecule has 0 aliphatic rings. The van der Waals surface area contributed by atoms with Crippen LogP contribution in [-0.2, 0) is 29.7 Å². The van der Waals surface area contributed by atoms with Crippen molar-refractivity contribution in [3.05, 3.63) is 11.5 Å². The van der Waals surface area contributed by atoms with Crippen LogP contribution in [-0.4, -0.2) is 16.9 Å². The van der Waals surface area contributed by atoms with E-state index in [0.29, 0.717) is 0 Å². The van der Waals surface area contributed by atoms with E-state index in [2.05, 4.69) is 25.1 Å². The van der Waals surface area contributed by atoms with Gasteiger partial charge >= 0.3 is 0 Å². The van der Waals surface area contributed by atoms with Crippen LogP contribution in [0.25, 0.3) is 0 Å². The first kappa shape index (κ1) is 12.5. The lowest BCUT2D eigenvalue weighted by molar-refractivity contribution is 0.318. The number of nitrogens with zero attached hydrogens (tertiary/aromatic N) is 1. The number of allylic oxidation sites excluding steroid dienone is 1. The van der Waals surface area contributed by atoms with Gasteiger partial charge in [0.2, 0.25) is 0 Å². The minimum absolute atomic E-state index is 0.0539. The van der Waals surface area contributed by atoms with Gasteiger partial charge in [-0.1, -0.05) is 6.08 Å². The van der Waals surface area contributed by atoms with Crippen molar-refractivity contribution in [2.75, 3.05) is 7.05 Å². The normalized spacial score (nSPS) is 14.5. The smallest absolute Gasteiger partial charge is 0.0233 e. The molecule has 0 aliphatic carbocycles. The number of hydrogen-bond donors (Lipinski definition) is 0. The molecule has 72 valence electrons. The highest BCUT2D eigenvalue weighted by molar-refractivity contribution is 8.56. The Hall–Kier alpha value is 0.490. The Morgan fingerprint density at radius 1 is 1.25 bits per heavy atom. The fraction of sp³-hybridized carbons (Fsp3) is 0.750. The summed E-state index contributed by atoms with van der Waals surface area (Å²) in [6.07, 6.45) is 1.94. The van der Waals surface area contributed by atoms with Crippen LogP contribution in [0.4, 0.5) is 0 Å². The Kier molecular flexibility index (Phi) is 4.30. The standard InChI is InChI=1S/C8H17NS3/c1-6-7-12(10,11)9(5)8(2,3)4/h6-7H,1-5H3/b7-6+. The van der Waals surface area contributed by atoms with Gasteiger partial charge in [-0.2, -0.15) is 0 Å². The summed E-state index contributed by atoms with van der Waals surface area (Å²) in [5.74, 6) is 0. The predicted octanol–water partition coefficient (Wildman–Crippen LogP) is 2.24. The second-order valence-corrected chi connectivity index (χ2v) is 9.18. The predicted molar refractivity (Wildman–Crippen MR) is 64.4 cm³/mol. The van der Waals surface area contributed by atoms with Gasteiger partial charge < -0.3 is 0 Å².